The Labute approximate surface area is 128 Å². The molecule has 2 heterocycles. The molecule has 0 fully saturated rings. The molecule has 3 rings (SSSR count). The second kappa shape index (κ2) is 5.93. The number of carbonyl (C=O) groups excluding carboxylic acids is 1. The van der Waals surface area contributed by atoms with E-state index in [4.69, 9.17) is 9.72 Å². The summed E-state index contributed by atoms with van der Waals surface area (Å²) in [6.07, 6.45) is 2.05. The summed E-state index contributed by atoms with van der Waals surface area (Å²) in [4.78, 5) is 20.3. The van der Waals surface area contributed by atoms with Gasteiger partial charge in [0, 0.05) is 22.8 Å². The summed E-state index contributed by atoms with van der Waals surface area (Å²) in [6.45, 7) is 1.97. The van der Waals surface area contributed by atoms with Crippen molar-refractivity contribution in [3.8, 4) is 11.3 Å². The second-order valence-electron chi connectivity index (χ2n) is 5.11. The number of pyridine rings is 2. The average molecular weight is 292 g/mol. The Morgan fingerprint density at radius 1 is 1.18 bits per heavy atom. The van der Waals surface area contributed by atoms with E-state index in [9.17, 15) is 4.79 Å². The maximum atomic E-state index is 11.3. The van der Waals surface area contributed by atoms with Gasteiger partial charge < -0.3 is 4.74 Å². The van der Waals surface area contributed by atoms with Crippen LogP contribution in [0.4, 0.5) is 0 Å². The third-order valence-electron chi connectivity index (χ3n) is 3.61. The molecular weight excluding hydrogens is 276 g/mol. The Morgan fingerprint density at radius 2 is 2.05 bits per heavy atom. The third kappa shape index (κ3) is 2.81. The van der Waals surface area contributed by atoms with Crippen LogP contribution in [0.5, 0.6) is 0 Å². The molecule has 22 heavy (non-hydrogen) atoms. The van der Waals surface area contributed by atoms with Crippen LogP contribution in [0.15, 0.2) is 48.7 Å². The van der Waals surface area contributed by atoms with Crippen molar-refractivity contribution in [2.24, 2.45) is 0 Å². The van der Waals surface area contributed by atoms with Gasteiger partial charge in [0.15, 0.2) is 0 Å². The Morgan fingerprint density at radius 3 is 2.82 bits per heavy atom. The third-order valence-corrected chi connectivity index (χ3v) is 3.61. The minimum atomic E-state index is -0.241. The molecule has 0 saturated carbocycles. The molecule has 0 atom stereocenters. The summed E-state index contributed by atoms with van der Waals surface area (Å²) in [6, 6.07) is 13.7. The highest BCUT2D eigenvalue weighted by Crippen LogP contribution is 2.23. The fourth-order valence-electron chi connectivity index (χ4n) is 2.43. The molecule has 3 aromatic rings. The lowest BCUT2D eigenvalue weighted by atomic mass is 10.1. The van der Waals surface area contributed by atoms with E-state index in [-0.39, 0.29) is 12.4 Å². The average Bonchev–Trinajstić information content (AvgIpc) is 2.54. The molecule has 4 heteroatoms. The Hall–Kier alpha value is -2.75. The number of fused-ring (bicyclic) bond motifs is 1. The summed E-state index contributed by atoms with van der Waals surface area (Å²) in [5, 5.41) is 1.01. The summed E-state index contributed by atoms with van der Waals surface area (Å²) < 4.78 is 4.69. The first-order chi connectivity index (χ1) is 10.7. The number of ether oxygens (including phenoxy) is 1. The molecule has 4 nitrogen and oxygen atoms in total. The van der Waals surface area contributed by atoms with Gasteiger partial charge in [-0.1, -0.05) is 12.1 Å². The quantitative estimate of drug-likeness (QED) is 0.695. The molecule has 0 aliphatic carbocycles. The molecule has 0 saturated heterocycles. The molecule has 0 bridgehead atoms. The highest BCUT2D eigenvalue weighted by molar-refractivity contribution is 5.83. The zero-order chi connectivity index (χ0) is 15.5. The van der Waals surface area contributed by atoms with E-state index in [1.807, 2.05) is 49.4 Å². The predicted molar refractivity (Wildman–Crippen MR) is 85.4 cm³/mol. The number of nitrogens with zero attached hydrogens (tertiary/aromatic N) is 2. The number of hydrogen-bond donors (Lipinski definition) is 0. The van der Waals surface area contributed by atoms with Crippen LogP contribution in [-0.2, 0) is 16.0 Å². The second-order valence-corrected chi connectivity index (χ2v) is 5.11. The number of aromatic nitrogens is 2. The zero-order valence-electron chi connectivity index (χ0n) is 12.5. The van der Waals surface area contributed by atoms with Crippen LogP contribution in [-0.4, -0.2) is 23.0 Å². The predicted octanol–water partition coefficient (Wildman–Crippen LogP) is 3.32. The van der Waals surface area contributed by atoms with Gasteiger partial charge in [-0.25, -0.2) is 4.98 Å². The number of esters is 1. The molecule has 0 amide bonds. The number of benzene rings is 1. The fourth-order valence-corrected chi connectivity index (χ4v) is 2.43. The van der Waals surface area contributed by atoms with Crippen LogP contribution in [0, 0.1) is 6.92 Å². The first-order valence-corrected chi connectivity index (χ1v) is 7.06. The summed E-state index contributed by atoms with van der Waals surface area (Å²) in [7, 11) is 1.40. The molecule has 110 valence electrons. The smallest absolute Gasteiger partial charge is 0.309 e. The summed E-state index contributed by atoms with van der Waals surface area (Å²) in [5.41, 5.74) is 4.71. The van der Waals surface area contributed by atoms with Crippen molar-refractivity contribution < 1.29 is 9.53 Å². The highest BCUT2D eigenvalue weighted by atomic mass is 16.5. The molecule has 0 N–H and O–H groups in total. The number of carbonyl (C=O) groups is 1. The minimum absolute atomic E-state index is 0.241. The van der Waals surface area contributed by atoms with Gasteiger partial charge in [-0.15, -0.1) is 0 Å². The van der Waals surface area contributed by atoms with Crippen LogP contribution in [0.1, 0.15) is 11.3 Å². The van der Waals surface area contributed by atoms with Crippen LogP contribution < -0.4 is 0 Å². The van der Waals surface area contributed by atoms with Crippen molar-refractivity contribution >= 4 is 16.9 Å². The van der Waals surface area contributed by atoms with Gasteiger partial charge in [0.1, 0.15) is 0 Å². The SMILES string of the molecule is COC(=O)Cc1ccc2nc(-c3cccnc3C)ccc2c1. The number of rotatable bonds is 3. The minimum Gasteiger partial charge on any atom is -0.469 e. The molecule has 0 aliphatic rings. The summed E-state index contributed by atoms with van der Waals surface area (Å²) in [5.74, 6) is -0.241. The molecule has 1 aromatic carbocycles. The van der Waals surface area contributed by atoms with Crippen LogP contribution >= 0.6 is 0 Å². The van der Waals surface area contributed by atoms with Gasteiger partial charge in [0.05, 0.1) is 24.7 Å². The Bertz CT molecular complexity index is 843. The lowest BCUT2D eigenvalue weighted by Gasteiger charge is -2.07. The van der Waals surface area contributed by atoms with Crippen molar-refractivity contribution in [3.63, 3.8) is 0 Å². The van der Waals surface area contributed by atoms with Crippen molar-refractivity contribution in [3.05, 3.63) is 59.9 Å². The monoisotopic (exact) mass is 292 g/mol. The van der Waals surface area contributed by atoms with E-state index in [0.29, 0.717) is 0 Å². The van der Waals surface area contributed by atoms with Gasteiger partial charge in [-0.3, -0.25) is 9.78 Å². The first-order valence-electron chi connectivity index (χ1n) is 7.06. The number of aryl methyl sites for hydroxylation is 1. The topological polar surface area (TPSA) is 52.1 Å². The normalized spacial score (nSPS) is 10.6. The Kier molecular flexibility index (Phi) is 3.83. The van der Waals surface area contributed by atoms with Gasteiger partial charge in [-0.05, 0) is 42.8 Å². The van der Waals surface area contributed by atoms with E-state index >= 15 is 0 Å². The van der Waals surface area contributed by atoms with Crippen LogP contribution in [0.25, 0.3) is 22.2 Å². The van der Waals surface area contributed by atoms with Crippen molar-refractivity contribution in [1.82, 2.24) is 9.97 Å². The van der Waals surface area contributed by atoms with E-state index < -0.39 is 0 Å². The number of methoxy groups -OCH3 is 1. The zero-order valence-corrected chi connectivity index (χ0v) is 12.5. The molecule has 0 unspecified atom stereocenters. The number of hydrogen-bond acceptors (Lipinski definition) is 4. The molecule has 0 aliphatic heterocycles. The van der Waals surface area contributed by atoms with E-state index in [1.165, 1.54) is 7.11 Å². The molecule has 0 radical (unpaired) electrons. The molecule has 2 aromatic heterocycles. The maximum Gasteiger partial charge on any atom is 0.309 e. The fraction of sp³-hybridized carbons (Fsp3) is 0.167. The molecular formula is C18H16N2O2. The van der Waals surface area contributed by atoms with E-state index in [1.54, 1.807) is 6.20 Å². The highest BCUT2D eigenvalue weighted by Gasteiger charge is 2.07. The van der Waals surface area contributed by atoms with E-state index in [0.717, 1.165) is 33.4 Å². The van der Waals surface area contributed by atoms with Crippen molar-refractivity contribution in [2.75, 3.05) is 7.11 Å². The van der Waals surface area contributed by atoms with Gasteiger partial charge in [-0.2, -0.15) is 0 Å². The maximum absolute atomic E-state index is 11.3. The first kappa shape index (κ1) is 14.2. The van der Waals surface area contributed by atoms with Crippen molar-refractivity contribution in [2.45, 2.75) is 13.3 Å². The van der Waals surface area contributed by atoms with E-state index in [2.05, 4.69) is 4.98 Å². The van der Waals surface area contributed by atoms with Crippen molar-refractivity contribution in [1.29, 1.82) is 0 Å². The van der Waals surface area contributed by atoms with Crippen LogP contribution in [0.3, 0.4) is 0 Å². The lowest BCUT2D eigenvalue weighted by molar-refractivity contribution is -0.139. The largest absolute Gasteiger partial charge is 0.469 e. The standard InChI is InChI=1S/C18H16N2O2/c1-12-15(4-3-9-19-12)17-8-6-14-10-13(11-18(21)22-2)5-7-16(14)20-17/h3-10H,11H2,1-2H3. The molecule has 0 spiro atoms. The lowest BCUT2D eigenvalue weighted by Crippen LogP contribution is -2.04. The van der Waals surface area contributed by atoms with Gasteiger partial charge >= 0.3 is 5.97 Å². The Balaban J connectivity index is 2.00. The van der Waals surface area contributed by atoms with Crippen LogP contribution in [0.2, 0.25) is 0 Å². The van der Waals surface area contributed by atoms with Gasteiger partial charge in [0.2, 0.25) is 0 Å². The van der Waals surface area contributed by atoms with Gasteiger partial charge in [0.25, 0.3) is 0 Å². The summed E-state index contributed by atoms with van der Waals surface area (Å²) >= 11 is 0.